The Kier molecular flexibility index (Phi) is 1.81. The Morgan fingerprint density at radius 1 is 1.50 bits per heavy atom. The minimum Gasteiger partial charge on any atom is -0.324 e. The molecule has 0 heterocycles. The summed E-state index contributed by atoms with van der Waals surface area (Å²) in [5.41, 5.74) is 7.76. The fraction of sp³-hybridized carbons (Fsp3) is 0.333. The maximum absolute atomic E-state index is 13.0. The van der Waals surface area contributed by atoms with Gasteiger partial charge in [-0.05, 0) is 36.1 Å². The fourth-order valence-corrected chi connectivity index (χ4v) is 1.82. The van der Waals surface area contributed by atoms with Crippen LogP contribution in [0.15, 0.2) is 12.1 Å². The normalized spacial score (nSPS) is 21.1. The van der Waals surface area contributed by atoms with E-state index in [9.17, 15) is 4.39 Å². The molecular formula is C9H9ClFN. The third-order valence-electron chi connectivity index (χ3n) is 2.31. The van der Waals surface area contributed by atoms with Crippen LogP contribution in [-0.4, -0.2) is 0 Å². The van der Waals surface area contributed by atoms with Crippen LogP contribution in [0, 0.1) is 5.82 Å². The standard InChI is InChI=1S/C9H9ClFN/c10-7-3-5-1-2-9(12)6(5)4-8(7)11/h3-4,9H,1-2,12H2/t9-/m0/s1. The van der Waals surface area contributed by atoms with Gasteiger partial charge in [-0.15, -0.1) is 0 Å². The quantitative estimate of drug-likeness (QED) is 0.660. The van der Waals surface area contributed by atoms with E-state index >= 15 is 0 Å². The topological polar surface area (TPSA) is 26.0 Å². The van der Waals surface area contributed by atoms with Gasteiger partial charge in [0.1, 0.15) is 5.82 Å². The van der Waals surface area contributed by atoms with E-state index in [1.807, 2.05) is 0 Å². The number of hydrogen-bond acceptors (Lipinski definition) is 1. The van der Waals surface area contributed by atoms with Crippen LogP contribution in [0.25, 0.3) is 0 Å². The highest BCUT2D eigenvalue weighted by atomic mass is 35.5. The van der Waals surface area contributed by atoms with E-state index in [2.05, 4.69) is 0 Å². The molecule has 2 rings (SSSR count). The lowest BCUT2D eigenvalue weighted by Crippen LogP contribution is -2.05. The molecule has 0 amide bonds. The Hall–Kier alpha value is -0.600. The summed E-state index contributed by atoms with van der Waals surface area (Å²) in [4.78, 5) is 0. The molecule has 0 bridgehead atoms. The van der Waals surface area contributed by atoms with Gasteiger partial charge in [0, 0.05) is 6.04 Å². The largest absolute Gasteiger partial charge is 0.324 e. The molecule has 1 aliphatic rings. The highest BCUT2D eigenvalue weighted by Gasteiger charge is 2.20. The minimum absolute atomic E-state index is 0.00762. The van der Waals surface area contributed by atoms with Crippen molar-refractivity contribution in [2.45, 2.75) is 18.9 Å². The van der Waals surface area contributed by atoms with Gasteiger partial charge in [0.2, 0.25) is 0 Å². The maximum atomic E-state index is 13.0. The minimum atomic E-state index is -0.368. The second kappa shape index (κ2) is 2.71. The average Bonchev–Trinajstić information content (AvgIpc) is 2.35. The number of nitrogens with two attached hydrogens (primary N) is 1. The van der Waals surface area contributed by atoms with Gasteiger partial charge >= 0.3 is 0 Å². The fourth-order valence-electron chi connectivity index (χ4n) is 1.63. The van der Waals surface area contributed by atoms with E-state index in [4.69, 9.17) is 17.3 Å². The number of halogens is 2. The first-order valence-corrected chi connectivity index (χ1v) is 4.29. The SMILES string of the molecule is N[C@H]1CCc2cc(Cl)c(F)cc21. The van der Waals surface area contributed by atoms with Crippen molar-refractivity contribution in [2.24, 2.45) is 5.73 Å². The van der Waals surface area contributed by atoms with Crippen molar-refractivity contribution in [3.05, 3.63) is 34.1 Å². The van der Waals surface area contributed by atoms with Gasteiger partial charge in [-0.2, -0.15) is 0 Å². The van der Waals surface area contributed by atoms with Crippen LogP contribution in [0.3, 0.4) is 0 Å². The highest BCUT2D eigenvalue weighted by molar-refractivity contribution is 6.30. The van der Waals surface area contributed by atoms with Crippen LogP contribution >= 0.6 is 11.6 Å². The Labute approximate surface area is 75.3 Å². The zero-order valence-electron chi connectivity index (χ0n) is 6.48. The molecule has 1 aliphatic carbocycles. The van der Waals surface area contributed by atoms with Crippen LogP contribution in [0.5, 0.6) is 0 Å². The van der Waals surface area contributed by atoms with E-state index in [0.717, 1.165) is 24.0 Å². The lowest BCUT2D eigenvalue weighted by atomic mass is 10.1. The van der Waals surface area contributed by atoms with Crippen LogP contribution in [-0.2, 0) is 6.42 Å². The van der Waals surface area contributed by atoms with E-state index in [1.54, 1.807) is 6.07 Å². The van der Waals surface area contributed by atoms with Gasteiger partial charge in [-0.25, -0.2) is 4.39 Å². The molecule has 12 heavy (non-hydrogen) atoms. The molecule has 0 aromatic heterocycles. The molecule has 64 valence electrons. The lowest BCUT2D eigenvalue weighted by Gasteiger charge is -2.04. The molecule has 0 fully saturated rings. The van der Waals surface area contributed by atoms with Crippen molar-refractivity contribution in [3.63, 3.8) is 0 Å². The summed E-state index contributed by atoms with van der Waals surface area (Å²) < 4.78 is 13.0. The zero-order valence-corrected chi connectivity index (χ0v) is 7.24. The van der Waals surface area contributed by atoms with Gasteiger partial charge in [-0.1, -0.05) is 11.6 Å². The van der Waals surface area contributed by atoms with E-state index < -0.39 is 0 Å². The first kappa shape index (κ1) is 8.02. The Morgan fingerprint density at radius 2 is 2.25 bits per heavy atom. The van der Waals surface area contributed by atoms with Crippen molar-refractivity contribution in [2.75, 3.05) is 0 Å². The number of hydrogen-bond donors (Lipinski definition) is 1. The third-order valence-corrected chi connectivity index (χ3v) is 2.60. The predicted octanol–water partition coefficient (Wildman–Crippen LogP) is 2.43. The second-order valence-electron chi connectivity index (χ2n) is 3.11. The molecular weight excluding hydrogens is 177 g/mol. The molecule has 2 N–H and O–H groups in total. The summed E-state index contributed by atoms with van der Waals surface area (Å²) in [7, 11) is 0. The number of rotatable bonds is 0. The molecule has 1 aromatic rings. The molecule has 1 aromatic carbocycles. The number of fused-ring (bicyclic) bond motifs is 1. The number of benzene rings is 1. The lowest BCUT2D eigenvalue weighted by molar-refractivity contribution is 0.622. The molecule has 0 saturated carbocycles. The third kappa shape index (κ3) is 1.11. The van der Waals surface area contributed by atoms with Gasteiger partial charge < -0.3 is 5.73 Å². The first-order chi connectivity index (χ1) is 5.68. The summed E-state index contributed by atoms with van der Waals surface area (Å²) in [6.07, 6.45) is 1.81. The highest BCUT2D eigenvalue weighted by Crippen LogP contribution is 2.32. The van der Waals surface area contributed by atoms with Crippen molar-refractivity contribution in [1.29, 1.82) is 0 Å². The van der Waals surface area contributed by atoms with Crippen LogP contribution < -0.4 is 5.73 Å². The molecule has 0 unspecified atom stereocenters. The smallest absolute Gasteiger partial charge is 0.142 e. The van der Waals surface area contributed by atoms with E-state index in [0.29, 0.717) is 0 Å². The molecule has 0 spiro atoms. The molecule has 0 radical (unpaired) electrons. The van der Waals surface area contributed by atoms with Gasteiger partial charge in [0.05, 0.1) is 5.02 Å². The molecule has 1 atom stereocenters. The van der Waals surface area contributed by atoms with Crippen LogP contribution in [0.2, 0.25) is 5.02 Å². The zero-order chi connectivity index (χ0) is 8.72. The average molecular weight is 186 g/mol. The van der Waals surface area contributed by atoms with Crippen molar-refractivity contribution < 1.29 is 4.39 Å². The Balaban J connectivity index is 2.56. The Morgan fingerprint density at radius 3 is 3.00 bits per heavy atom. The van der Waals surface area contributed by atoms with E-state index in [1.165, 1.54) is 6.07 Å². The molecule has 3 heteroatoms. The second-order valence-corrected chi connectivity index (χ2v) is 3.52. The summed E-state index contributed by atoms with van der Waals surface area (Å²) in [5, 5.41) is 0.197. The predicted molar refractivity (Wildman–Crippen MR) is 46.7 cm³/mol. The number of aryl methyl sites for hydroxylation is 1. The van der Waals surface area contributed by atoms with Crippen LogP contribution in [0.4, 0.5) is 4.39 Å². The van der Waals surface area contributed by atoms with E-state index in [-0.39, 0.29) is 16.9 Å². The maximum Gasteiger partial charge on any atom is 0.142 e. The Bertz CT molecular complexity index is 325. The van der Waals surface area contributed by atoms with Crippen molar-refractivity contribution >= 4 is 11.6 Å². The summed E-state index contributed by atoms with van der Waals surface area (Å²) >= 11 is 5.62. The monoisotopic (exact) mass is 185 g/mol. The molecule has 0 saturated heterocycles. The van der Waals surface area contributed by atoms with Crippen molar-refractivity contribution in [1.82, 2.24) is 0 Å². The molecule has 0 aliphatic heterocycles. The summed E-state index contributed by atoms with van der Waals surface area (Å²) in [5.74, 6) is -0.368. The van der Waals surface area contributed by atoms with Gasteiger partial charge in [0.25, 0.3) is 0 Å². The summed E-state index contributed by atoms with van der Waals surface area (Å²) in [6.45, 7) is 0. The van der Waals surface area contributed by atoms with Gasteiger partial charge in [0.15, 0.2) is 0 Å². The first-order valence-electron chi connectivity index (χ1n) is 3.92. The van der Waals surface area contributed by atoms with Gasteiger partial charge in [-0.3, -0.25) is 0 Å². The summed E-state index contributed by atoms with van der Waals surface area (Å²) in [6, 6.07) is 3.13. The molecule has 1 nitrogen and oxygen atoms in total. The van der Waals surface area contributed by atoms with Crippen LogP contribution in [0.1, 0.15) is 23.6 Å². The van der Waals surface area contributed by atoms with Crippen molar-refractivity contribution in [3.8, 4) is 0 Å².